The molecule has 164 valence electrons. The fourth-order valence-corrected chi connectivity index (χ4v) is 6.73. The molecule has 0 radical (unpaired) electrons. The van der Waals surface area contributed by atoms with Gasteiger partial charge in [-0.15, -0.1) is 0 Å². The number of carbonyl (C=O) groups is 1. The third-order valence-electron chi connectivity index (χ3n) is 8.78. The summed E-state index contributed by atoms with van der Waals surface area (Å²) in [4.78, 5) is 15.1. The Kier molecular flexibility index (Phi) is 4.99. The highest BCUT2D eigenvalue weighted by Crippen LogP contribution is 2.61. The van der Waals surface area contributed by atoms with E-state index in [2.05, 4.69) is 18.7 Å². The number of hydrogen-bond acceptors (Lipinski definition) is 5. The third-order valence-corrected chi connectivity index (χ3v) is 8.78. The number of epoxide rings is 1. The highest BCUT2D eigenvalue weighted by Gasteiger charge is 2.67. The predicted molar refractivity (Wildman–Crippen MR) is 114 cm³/mol. The first kappa shape index (κ1) is 20.5. The number of benzene rings is 1. The molecule has 5 nitrogen and oxygen atoms in total. The molecule has 5 rings (SSSR count). The second-order valence-corrected chi connectivity index (χ2v) is 10.6. The molecule has 0 amide bonds. The van der Waals surface area contributed by atoms with E-state index in [0.717, 1.165) is 18.4 Å². The zero-order valence-corrected chi connectivity index (χ0v) is 18.5. The first-order valence-corrected chi connectivity index (χ1v) is 11.6. The van der Waals surface area contributed by atoms with Crippen LogP contribution in [-0.4, -0.2) is 53.4 Å². The number of likely N-dealkylation sites (N-methyl/N-ethyl adjacent to an activating group) is 1. The molecule has 4 fully saturated rings. The van der Waals surface area contributed by atoms with Crippen LogP contribution in [0.3, 0.4) is 0 Å². The van der Waals surface area contributed by atoms with E-state index < -0.39 is 6.10 Å². The molecular formula is C25H35NO4. The van der Waals surface area contributed by atoms with Gasteiger partial charge in [-0.25, -0.2) is 0 Å². The predicted octanol–water partition coefficient (Wildman–Crippen LogP) is 3.42. The summed E-state index contributed by atoms with van der Waals surface area (Å²) in [7, 11) is 2.01. The summed E-state index contributed by atoms with van der Waals surface area (Å²) in [6.45, 7) is 7.22. The largest absolute Gasteiger partial charge is 0.461 e. The lowest BCUT2D eigenvalue weighted by Gasteiger charge is -2.45. The molecule has 2 heterocycles. The summed E-state index contributed by atoms with van der Waals surface area (Å²) < 4.78 is 12.2. The number of rotatable bonds is 5. The van der Waals surface area contributed by atoms with Crippen LogP contribution in [0.1, 0.15) is 51.7 Å². The van der Waals surface area contributed by atoms with E-state index >= 15 is 0 Å². The lowest BCUT2D eigenvalue weighted by atomic mass is 9.58. The average Bonchev–Trinajstić information content (AvgIpc) is 3.35. The van der Waals surface area contributed by atoms with Crippen LogP contribution < -0.4 is 0 Å². The number of ether oxygens (including phenoxy) is 2. The van der Waals surface area contributed by atoms with Gasteiger partial charge in [0.15, 0.2) is 0 Å². The summed E-state index contributed by atoms with van der Waals surface area (Å²) >= 11 is 0. The van der Waals surface area contributed by atoms with Crippen molar-refractivity contribution in [1.29, 1.82) is 0 Å². The number of hydrogen-bond donors (Lipinski definition) is 1. The fraction of sp³-hybridized carbons (Fsp3) is 0.720. The minimum atomic E-state index is -0.585. The van der Waals surface area contributed by atoms with Gasteiger partial charge in [0, 0.05) is 24.4 Å². The van der Waals surface area contributed by atoms with Crippen molar-refractivity contribution in [2.24, 2.45) is 29.6 Å². The highest BCUT2D eigenvalue weighted by atomic mass is 16.6. The minimum Gasteiger partial charge on any atom is -0.461 e. The molecule has 1 aromatic rings. The second-order valence-electron chi connectivity index (χ2n) is 10.6. The summed E-state index contributed by atoms with van der Waals surface area (Å²) in [6.07, 6.45) is 3.04. The van der Waals surface area contributed by atoms with Gasteiger partial charge in [-0.05, 0) is 57.6 Å². The molecule has 0 bridgehead atoms. The standard InChI is InChI=1S/C25H35NO4/c1-14-12-18-19(13-26(4)15(2)21(27)16-8-6-5-7-9-16)24(28)29-22(18)20-17(14)10-11-25(3)23(20)30-25/h5-9,14-15,17-23,27H,10-13H2,1-4H3. The van der Waals surface area contributed by atoms with Gasteiger partial charge < -0.3 is 14.6 Å². The Hall–Kier alpha value is -1.43. The van der Waals surface area contributed by atoms with E-state index in [1.807, 2.05) is 44.3 Å². The van der Waals surface area contributed by atoms with E-state index in [0.29, 0.717) is 24.3 Å². The average molecular weight is 414 g/mol. The maximum atomic E-state index is 13.0. The molecule has 2 aliphatic carbocycles. The molecule has 0 aromatic heterocycles. The zero-order chi connectivity index (χ0) is 21.2. The van der Waals surface area contributed by atoms with Crippen LogP contribution in [0, 0.1) is 29.6 Å². The van der Waals surface area contributed by atoms with Crippen molar-refractivity contribution in [1.82, 2.24) is 4.90 Å². The van der Waals surface area contributed by atoms with Crippen molar-refractivity contribution in [2.45, 2.75) is 70.0 Å². The SMILES string of the molecule is CC1CC2C(CN(C)C(C)C(O)c3ccccc3)C(=O)OC2C2C1CCC1(C)OC21. The van der Waals surface area contributed by atoms with Crippen LogP contribution in [0.15, 0.2) is 30.3 Å². The van der Waals surface area contributed by atoms with E-state index in [1.165, 1.54) is 6.42 Å². The smallest absolute Gasteiger partial charge is 0.310 e. The molecule has 5 heteroatoms. The van der Waals surface area contributed by atoms with Crippen LogP contribution in [0.25, 0.3) is 0 Å². The van der Waals surface area contributed by atoms with Gasteiger partial charge >= 0.3 is 5.97 Å². The molecule has 0 spiro atoms. The van der Waals surface area contributed by atoms with Crippen molar-refractivity contribution in [3.8, 4) is 0 Å². The Labute approximate surface area is 179 Å². The number of aliphatic hydroxyl groups excluding tert-OH is 1. The molecule has 10 unspecified atom stereocenters. The Morgan fingerprint density at radius 3 is 2.73 bits per heavy atom. The second kappa shape index (κ2) is 7.32. The number of carbonyl (C=O) groups excluding carboxylic acids is 1. The normalized spacial score (nSPS) is 43.9. The number of nitrogens with zero attached hydrogens (tertiary/aromatic N) is 1. The fourth-order valence-electron chi connectivity index (χ4n) is 6.73. The molecular weight excluding hydrogens is 378 g/mol. The lowest BCUT2D eigenvalue weighted by Crippen LogP contribution is -2.50. The molecule has 30 heavy (non-hydrogen) atoms. The van der Waals surface area contributed by atoms with Crippen LogP contribution >= 0.6 is 0 Å². The first-order valence-electron chi connectivity index (χ1n) is 11.6. The highest BCUT2D eigenvalue weighted by molar-refractivity contribution is 5.75. The molecule has 2 saturated heterocycles. The number of aliphatic hydroxyl groups is 1. The van der Waals surface area contributed by atoms with Gasteiger partial charge in [0.1, 0.15) is 6.10 Å². The zero-order valence-electron chi connectivity index (χ0n) is 18.5. The summed E-state index contributed by atoms with van der Waals surface area (Å²) in [5, 5.41) is 10.8. The molecule has 10 atom stereocenters. The quantitative estimate of drug-likeness (QED) is 0.592. The van der Waals surface area contributed by atoms with Crippen molar-refractivity contribution in [3.63, 3.8) is 0 Å². The number of esters is 1. The number of fused-ring (bicyclic) bond motifs is 5. The summed E-state index contributed by atoms with van der Waals surface area (Å²) in [6, 6.07) is 9.67. The van der Waals surface area contributed by atoms with E-state index in [1.54, 1.807) is 0 Å². The van der Waals surface area contributed by atoms with Crippen LogP contribution in [0.4, 0.5) is 0 Å². The van der Waals surface area contributed by atoms with Gasteiger partial charge in [-0.3, -0.25) is 9.69 Å². The maximum Gasteiger partial charge on any atom is 0.310 e. The minimum absolute atomic E-state index is 0.00132. The summed E-state index contributed by atoms with van der Waals surface area (Å²) in [5.74, 6) is 1.63. The van der Waals surface area contributed by atoms with Crippen LogP contribution in [-0.2, 0) is 14.3 Å². The van der Waals surface area contributed by atoms with Gasteiger partial charge in [0.05, 0.1) is 23.7 Å². The Bertz CT molecular complexity index is 800. The maximum absolute atomic E-state index is 13.0. The van der Waals surface area contributed by atoms with Crippen molar-refractivity contribution in [2.75, 3.05) is 13.6 Å². The van der Waals surface area contributed by atoms with E-state index in [-0.39, 0.29) is 41.7 Å². The monoisotopic (exact) mass is 413 g/mol. The Morgan fingerprint density at radius 1 is 1.27 bits per heavy atom. The van der Waals surface area contributed by atoms with Crippen molar-refractivity contribution in [3.05, 3.63) is 35.9 Å². The lowest BCUT2D eigenvalue weighted by molar-refractivity contribution is -0.149. The Balaban J connectivity index is 1.30. The summed E-state index contributed by atoms with van der Waals surface area (Å²) in [5.41, 5.74) is 0.920. The van der Waals surface area contributed by atoms with Crippen LogP contribution in [0.5, 0.6) is 0 Å². The molecule has 4 aliphatic rings. The van der Waals surface area contributed by atoms with Gasteiger partial charge in [0.2, 0.25) is 0 Å². The van der Waals surface area contributed by atoms with E-state index in [4.69, 9.17) is 9.47 Å². The molecule has 1 aromatic carbocycles. The van der Waals surface area contributed by atoms with Gasteiger partial charge in [-0.2, -0.15) is 0 Å². The molecule has 2 saturated carbocycles. The Morgan fingerprint density at radius 2 is 2.00 bits per heavy atom. The third kappa shape index (κ3) is 3.21. The van der Waals surface area contributed by atoms with E-state index in [9.17, 15) is 9.90 Å². The van der Waals surface area contributed by atoms with Crippen molar-refractivity contribution >= 4 is 5.97 Å². The van der Waals surface area contributed by atoms with Crippen molar-refractivity contribution < 1.29 is 19.4 Å². The molecule has 1 N–H and O–H groups in total. The molecule has 2 aliphatic heterocycles. The first-order chi connectivity index (χ1) is 14.3. The van der Waals surface area contributed by atoms with Gasteiger partial charge in [0.25, 0.3) is 0 Å². The topological polar surface area (TPSA) is 62.3 Å². The van der Waals surface area contributed by atoms with Gasteiger partial charge in [-0.1, -0.05) is 37.3 Å². The van der Waals surface area contributed by atoms with Crippen LogP contribution in [0.2, 0.25) is 0 Å².